The summed E-state index contributed by atoms with van der Waals surface area (Å²) in [7, 11) is 0. The number of carbonyl (C=O) groups is 1. The SMILES string of the molecule is O=C(Nc1ccccc1)OC1CCC2CCCCC2C1. The van der Waals surface area contributed by atoms with Gasteiger partial charge in [0.25, 0.3) is 0 Å². The van der Waals surface area contributed by atoms with Crippen molar-refractivity contribution in [3.05, 3.63) is 30.3 Å². The van der Waals surface area contributed by atoms with Crippen LogP contribution >= 0.6 is 0 Å². The van der Waals surface area contributed by atoms with Crippen molar-refractivity contribution in [3.8, 4) is 0 Å². The zero-order chi connectivity index (χ0) is 13.8. The van der Waals surface area contributed by atoms with Crippen molar-refractivity contribution in [1.29, 1.82) is 0 Å². The van der Waals surface area contributed by atoms with Gasteiger partial charge in [-0.2, -0.15) is 0 Å². The Hall–Kier alpha value is -1.51. The summed E-state index contributed by atoms with van der Waals surface area (Å²) in [6.07, 6.45) is 8.57. The van der Waals surface area contributed by atoms with Crippen LogP contribution in [0.1, 0.15) is 44.9 Å². The summed E-state index contributed by atoms with van der Waals surface area (Å²) in [4.78, 5) is 11.9. The molecular weight excluding hydrogens is 250 g/mol. The van der Waals surface area contributed by atoms with Gasteiger partial charge in [-0.15, -0.1) is 0 Å². The monoisotopic (exact) mass is 273 g/mol. The number of rotatable bonds is 2. The first-order valence-corrected chi connectivity index (χ1v) is 7.84. The molecule has 0 radical (unpaired) electrons. The van der Waals surface area contributed by atoms with Crippen LogP contribution in [0.15, 0.2) is 30.3 Å². The van der Waals surface area contributed by atoms with Crippen molar-refractivity contribution in [3.63, 3.8) is 0 Å². The Balaban J connectivity index is 1.49. The summed E-state index contributed by atoms with van der Waals surface area (Å²) >= 11 is 0. The Bertz CT molecular complexity index is 446. The van der Waals surface area contributed by atoms with Crippen molar-refractivity contribution in [2.24, 2.45) is 11.8 Å². The third kappa shape index (κ3) is 3.33. The molecule has 3 rings (SSSR count). The Labute approximate surface area is 120 Å². The zero-order valence-electron chi connectivity index (χ0n) is 11.9. The summed E-state index contributed by atoms with van der Waals surface area (Å²) in [5, 5.41) is 2.80. The number of ether oxygens (including phenoxy) is 1. The Morgan fingerprint density at radius 1 is 1.00 bits per heavy atom. The number of amides is 1. The minimum atomic E-state index is -0.310. The highest BCUT2D eigenvalue weighted by Gasteiger charge is 2.33. The lowest BCUT2D eigenvalue weighted by atomic mass is 9.70. The Morgan fingerprint density at radius 2 is 1.75 bits per heavy atom. The third-order valence-electron chi connectivity index (χ3n) is 4.79. The second kappa shape index (κ2) is 6.29. The molecule has 0 bridgehead atoms. The highest BCUT2D eigenvalue weighted by Crippen LogP contribution is 2.41. The molecule has 3 heteroatoms. The molecule has 0 spiro atoms. The molecular formula is C17H23NO2. The second-order valence-electron chi connectivity index (χ2n) is 6.14. The molecule has 2 fully saturated rings. The normalized spacial score (nSPS) is 29.3. The number of hydrogen-bond acceptors (Lipinski definition) is 2. The predicted molar refractivity (Wildman–Crippen MR) is 79.6 cm³/mol. The summed E-state index contributed by atoms with van der Waals surface area (Å²) in [6, 6.07) is 9.49. The molecule has 3 nitrogen and oxygen atoms in total. The van der Waals surface area contributed by atoms with Crippen LogP contribution in [-0.2, 0) is 4.74 Å². The van der Waals surface area contributed by atoms with Gasteiger partial charge in [0.1, 0.15) is 6.10 Å². The number of carbonyl (C=O) groups excluding carboxylic acids is 1. The molecule has 20 heavy (non-hydrogen) atoms. The number of nitrogens with one attached hydrogen (secondary N) is 1. The predicted octanol–water partition coefficient (Wildman–Crippen LogP) is 4.59. The zero-order valence-corrected chi connectivity index (χ0v) is 11.9. The molecule has 108 valence electrons. The largest absolute Gasteiger partial charge is 0.446 e. The van der Waals surface area contributed by atoms with E-state index in [1.807, 2.05) is 30.3 Å². The fraction of sp³-hybridized carbons (Fsp3) is 0.588. The number of benzene rings is 1. The lowest BCUT2D eigenvalue weighted by Gasteiger charge is -2.38. The molecule has 2 saturated carbocycles. The van der Waals surface area contributed by atoms with Gasteiger partial charge >= 0.3 is 6.09 Å². The van der Waals surface area contributed by atoms with Crippen LogP contribution < -0.4 is 5.32 Å². The maximum atomic E-state index is 11.9. The van der Waals surface area contributed by atoms with Crippen LogP contribution in [0.25, 0.3) is 0 Å². The van der Waals surface area contributed by atoms with Crippen LogP contribution in [0, 0.1) is 11.8 Å². The van der Waals surface area contributed by atoms with Crippen LogP contribution in [0.4, 0.5) is 10.5 Å². The van der Waals surface area contributed by atoms with Gasteiger partial charge < -0.3 is 4.74 Å². The van der Waals surface area contributed by atoms with Gasteiger partial charge in [0.2, 0.25) is 0 Å². The smallest absolute Gasteiger partial charge is 0.411 e. The first-order chi connectivity index (χ1) is 9.81. The second-order valence-corrected chi connectivity index (χ2v) is 6.14. The average molecular weight is 273 g/mol. The van der Waals surface area contributed by atoms with E-state index in [0.717, 1.165) is 30.4 Å². The van der Waals surface area contributed by atoms with Crippen LogP contribution in [0.5, 0.6) is 0 Å². The lowest BCUT2D eigenvalue weighted by molar-refractivity contribution is 0.0339. The number of anilines is 1. The fourth-order valence-corrected chi connectivity index (χ4v) is 3.76. The van der Waals surface area contributed by atoms with Gasteiger partial charge in [-0.25, -0.2) is 4.79 Å². The maximum Gasteiger partial charge on any atom is 0.411 e. The molecule has 1 N–H and O–H groups in total. The van der Waals surface area contributed by atoms with E-state index >= 15 is 0 Å². The van der Waals surface area contributed by atoms with Crippen molar-refractivity contribution < 1.29 is 9.53 Å². The van der Waals surface area contributed by atoms with Crippen LogP contribution in [0.2, 0.25) is 0 Å². The highest BCUT2D eigenvalue weighted by atomic mass is 16.6. The number of para-hydroxylation sites is 1. The molecule has 0 aliphatic heterocycles. The van der Waals surface area contributed by atoms with E-state index in [2.05, 4.69) is 5.32 Å². The van der Waals surface area contributed by atoms with E-state index in [1.54, 1.807) is 0 Å². The molecule has 1 aromatic carbocycles. The number of hydrogen-bond donors (Lipinski definition) is 1. The maximum absolute atomic E-state index is 11.9. The van der Waals surface area contributed by atoms with E-state index in [4.69, 9.17) is 4.74 Å². The molecule has 2 aliphatic carbocycles. The summed E-state index contributed by atoms with van der Waals surface area (Å²) < 4.78 is 5.59. The Kier molecular flexibility index (Phi) is 4.24. The minimum Gasteiger partial charge on any atom is -0.446 e. The molecule has 3 unspecified atom stereocenters. The minimum absolute atomic E-state index is 0.109. The van der Waals surface area contributed by atoms with Crippen molar-refractivity contribution >= 4 is 11.8 Å². The van der Waals surface area contributed by atoms with Gasteiger partial charge in [0.15, 0.2) is 0 Å². The molecule has 1 amide bonds. The molecule has 1 aromatic rings. The topological polar surface area (TPSA) is 38.3 Å². The van der Waals surface area contributed by atoms with Gasteiger partial charge in [-0.1, -0.05) is 43.9 Å². The van der Waals surface area contributed by atoms with E-state index in [0.29, 0.717) is 0 Å². The van der Waals surface area contributed by atoms with E-state index in [9.17, 15) is 4.79 Å². The molecule has 2 aliphatic rings. The van der Waals surface area contributed by atoms with Crippen molar-refractivity contribution in [2.45, 2.75) is 51.0 Å². The van der Waals surface area contributed by atoms with Crippen LogP contribution in [0.3, 0.4) is 0 Å². The fourth-order valence-electron chi connectivity index (χ4n) is 3.76. The summed E-state index contributed by atoms with van der Waals surface area (Å²) in [6.45, 7) is 0. The standard InChI is InChI=1S/C17H23NO2/c19-17(18-15-8-2-1-3-9-15)20-16-11-10-13-6-4-5-7-14(13)12-16/h1-3,8-9,13-14,16H,4-7,10-12H2,(H,18,19). The van der Waals surface area contributed by atoms with E-state index in [1.165, 1.54) is 32.1 Å². The third-order valence-corrected chi connectivity index (χ3v) is 4.79. The Morgan fingerprint density at radius 3 is 2.55 bits per heavy atom. The lowest BCUT2D eigenvalue weighted by Crippen LogP contribution is -2.33. The van der Waals surface area contributed by atoms with E-state index < -0.39 is 0 Å². The first kappa shape index (κ1) is 13.5. The van der Waals surface area contributed by atoms with Gasteiger partial charge in [0.05, 0.1) is 0 Å². The van der Waals surface area contributed by atoms with Crippen LogP contribution in [-0.4, -0.2) is 12.2 Å². The van der Waals surface area contributed by atoms with E-state index in [-0.39, 0.29) is 12.2 Å². The van der Waals surface area contributed by atoms with Crippen molar-refractivity contribution in [2.75, 3.05) is 5.32 Å². The quantitative estimate of drug-likeness (QED) is 0.855. The van der Waals surface area contributed by atoms with Crippen molar-refractivity contribution in [1.82, 2.24) is 0 Å². The van der Waals surface area contributed by atoms with Gasteiger partial charge in [-0.3, -0.25) is 5.32 Å². The first-order valence-electron chi connectivity index (χ1n) is 7.84. The summed E-state index contributed by atoms with van der Waals surface area (Å²) in [5.41, 5.74) is 0.795. The van der Waals surface area contributed by atoms with Gasteiger partial charge in [-0.05, 0) is 43.2 Å². The molecule has 0 heterocycles. The molecule has 3 atom stereocenters. The molecule has 0 aromatic heterocycles. The summed E-state index contributed by atoms with van der Waals surface area (Å²) in [5.74, 6) is 1.67. The van der Waals surface area contributed by atoms with Gasteiger partial charge in [0, 0.05) is 5.69 Å². The average Bonchev–Trinajstić information content (AvgIpc) is 2.48. The number of fused-ring (bicyclic) bond motifs is 1. The molecule has 0 saturated heterocycles. The highest BCUT2D eigenvalue weighted by molar-refractivity contribution is 5.84.